The molecule has 0 N–H and O–H groups in total. The molecular weight excluding hydrogens is 572 g/mol. The van der Waals surface area contributed by atoms with Crippen molar-refractivity contribution >= 4 is 32.5 Å². The zero-order valence-corrected chi connectivity index (χ0v) is 25.3. The van der Waals surface area contributed by atoms with Crippen LogP contribution in [0.5, 0.6) is 0 Å². The van der Waals surface area contributed by atoms with E-state index in [-0.39, 0.29) is 0 Å². The maximum atomic E-state index is 5.66. The van der Waals surface area contributed by atoms with Crippen LogP contribution in [0.4, 0.5) is 0 Å². The molecule has 6 aromatic carbocycles. The van der Waals surface area contributed by atoms with Gasteiger partial charge in [0.25, 0.3) is 0 Å². The SMILES string of the molecule is c1ccc(-c2c3c(c(-c4ccccc4)c4ccccc24)-c2ccc(-c4cccc(-c5nccc6occc56)n4)c4cccc-3c24)cc1. The summed E-state index contributed by atoms with van der Waals surface area (Å²) in [7, 11) is 0. The largest absolute Gasteiger partial charge is 0.464 e. The molecule has 3 nitrogen and oxygen atoms in total. The summed E-state index contributed by atoms with van der Waals surface area (Å²) in [6.07, 6.45) is 3.49. The van der Waals surface area contributed by atoms with Crippen molar-refractivity contribution in [2.45, 2.75) is 0 Å². The molecule has 0 spiro atoms. The minimum absolute atomic E-state index is 0.807. The molecule has 0 atom stereocenters. The van der Waals surface area contributed by atoms with Gasteiger partial charge < -0.3 is 4.42 Å². The first-order valence-electron chi connectivity index (χ1n) is 15.9. The molecule has 0 saturated heterocycles. The summed E-state index contributed by atoms with van der Waals surface area (Å²) in [6, 6.07) is 51.9. The Labute approximate surface area is 271 Å². The molecule has 3 aromatic heterocycles. The Morgan fingerprint density at radius 3 is 1.72 bits per heavy atom. The minimum Gasteiger partial charge on any atom is -0.464 e. The monoisotopic (exact) mass is 598 g/mol. The summed E-state index contributed by atoms with van der Waals surface area (Å²) in [4.78, 5) is 9.89. The second-order valence-electron chi connectivity index (χ2n) is 12.1. The van der Waals surface area contributed by atoms with E-state index in [1.54, 1.807) is 12.5 Å². The van der Waals surface area contributed by atoms with Gasteiger partial charge in [-0.3, -0.25) is 4.98 Å². The Kier molecular flexibility index (Phi) is 5.57. The molecule has 3 heterocycles. The Balaban J connectivity index is 1.28. The van der Waals surface area contributed by atoms with Gasteiger partial charge in [-0.05, 0) is 90.3 Å². The predicted molar refractivity (Wildman–Crippen MR) is 193 cm³/mol. The summed E-state index contributed by atoms with van der Waals surface area (Å²) < 4.78 is 5.66. The molecule has 0 aliphatic heterocycles. The Hall–Kier alpha value is -6.32. The average Bonchev–Trinajstić information content (AvgIpc) is 3.76. The van der Waals surface area contributed by atoms with Crippen LogP contribution < -0.4 is 0 Å². The zero-order valence-electron chi connectivity index (χ0n) is 25.3. The fraction of sp³-hybridized carbons (Fsp3) is 0. The molecule has 218 valence electrons. The van der Waals surface area contributed by atoms with Crippen molar-refractivity contribution in [2.24, 2.45) is 0 Å². The van der Waals surface area contributed by atoms with Gasteiger partial charge >= 0.3 is 0 Å². The third-order valence-corrected chi connectivity index (χ3v) is 9.57. The van der Waals surface area contributed by atoms with E-state index in [0.29, 0.717) is 0 Å². The zero-order chi connectivity index (χ0) is 30.9. The van der Waals surface area contributed by atoms with E-state index in [4.69, 9.17) is 14.4 Å². The van der Waals surface area contributed by atoms with Gasteiger partial charge in [-0.1, -0.05) is 121 Å². The van der Waals surface area contributed by atoms with Crippen LogP contribution in [0, 0.1) is 0 Å². The molecule has 3 heteroatoms. The van der Waals surface area contributed by atoms with E-state index in [2.05, 4.69) is 127 Å². The molecule has 1 aliphatic carbocycles. The van der Waals surface area contributed by atoms with Crippen LogP contribution in [0.1, 0.15) is 0 Å². The second kappa shape index (κ2) is 10.1. The van der Waals surface area contributed by atoms with E-state index in [1.807, 2.05) is 18.2 Å². The van der Waals surface area contributed by atoms with Crippen molar-refractivity contribution < 1.29 is 4.42 Å². The third-order valence-electron chi connectivity index (χ3n) is 9.57. The highest BCUT2D eigenvalue weighted by molar-refractivity contribution is 6.28. The van der Waals surface area contributed by atoms with Crippen molar-refractivity contribution in [3.8, 4) is 67.2 Å². The molecular formula is C44H26N2O. The van der Waals surface area contributed by atoms with E-state index in [9.17, 15) is 0 Å². The molecule has 10 rings (SSSR count). The van der Waals surface area contributed by atoms with Crippen LogP contribution in [0.3, 0.4) is 0 Å². The number of fused-ring (bicyclic) bond motifs is 5. The first-order valence-corrected chi connectivity index (χ1v) is 15.9. The van der Waals surface area contributed by atoms with E-state index < -0.39 is 0 Å². The lowest BCUT2D eigenvalue weighted by Gasteiger charge is -2.20. The van der Waals surface area contributed by atoms with Gasteiger partial charge in [-0.25, -0.2) is 4.98 Å². The number of pyridine rings is 2. The summed E-state index contributed by atoms with van der Waals surface area (Å²) in [5.74, 6) is 0. The normalized spacial score (nSPS) is 11.8. The lowest BCUT2D eigenvalue weighted by Crippen LogP contribution is -1.93. The first-order chi connectivity index (χ1) is 23.3. The van der Waals surface area contributed by atoms with Crippen molar-refractivity contribution in [3.63, 3.8) is 0 Å². The molecule has 0 saturated carbocycles. The van der Waals surface area contributed by atoms with Crippen molar-refractivity contribution in [1.82, 2.24) is 9.97 Å². The van der Waals surface area contributed by atoms with Gasteiger partial charge in [-0.2, -0.15) is 0 Å². The lowest BCUT2D eigenvalue weighted by molar-refractivity contribution is 0.615. The first kappa shape index (κ1) is 26.0. The number of aromatic nitrogens is 2. The van der Waals surface area contributed by atoms with Crippen LogP contribution in [0.2, 0.25) is 0 Å². The summed E-state index contributed by atoms with van der Waals surface area (Å²) >= 11 is 0. The average molecular weight is 599 g/mol. The summed E-state index contributed by atoms with van der Waals surface area (Å²) in [5.41, 5.74) is 14.6. The number of hydrogen-bond donors (Lipinski definition) is 0. The van der Waals surface area contributed by atoms with E-state index in [1.165, 1.54) is 66.1 Å². The third kappa shape index (κ3) is 3.81. The van der Waals surface area contributed by atoms with Crippen LogP contribution in [0.25, 0.3) is 99.7 Å². The Bertz CT molecular complexity index is 2580. The lowest BCUT2D eigenvalue weighted by atomic mass is 9.82. The molecule has 0 amide bonds. The fourth-order valence-electron chi connectivity index (χ4n) is 7.65. The van der Waals surface area contributed by atoms with E-state index >= 15 is 0 Å². The second-order valence-corrected chi connectivity index (χ2v) is 12.1. The molecule has 9 aromatic rings. The predicted octanol–water partition coefficient (Wildman–Crippen LogP) is 11.8. The van der Waals surface area contributed by atoms with E-state index in [0.717, 1.165) is 33.6 Å². The van der Waals surface area contributed by atoms with Gasteiger partial charge in [0.1, 0.15) is 5.58 Å². The number of benzene rings is 6. The van der Waals surface area contributed by atoms with Crippen LogP contribution in [-0.2, 0) is 0 Å². The molecule has 47 heavy (non-hydrogen) atoms. The smallest absolute Gasteiger partial charge is 0.137 e. The maximum absolute atomic E-state index is 5.66. The highest BCUT2D eigenvalue weighted by Crippen LogP contribution is 2.58. The topological polar surface area (TPSA) is 38.9 Å². The Morgan fingerprint density at radius 2 is 1.00 bits per heavy atom. The summed E-state index contributed by atoms with van der Waals surface area (Å²) in [5, 5.41) is 5.94. The molecule has 0 radical (unpaired) electrons. The fourth-order valence-corrected chi connectivity index (χ4v) is 7.65. The number of nitrogens with zero attached hydrogens (tertiary/aromatic N) is 2. The van der Waals surface area contributed by atoms with Crippen molar-refractivity contribution in [2.75, 3.05) is 0 Å². The standard InChI is InChI=1S/C44H26N2O/c1-3-11-27(12-4-1)39-31-15-7-8-16-32(31)40(28-13-5-2-6-14-28)43-35-22-21-29(30-17-9-18-34(41(30)35)42(39)43)36-19-10-20-37(46-36)44-33-24-26-47-38(33)23-25-45-44/h1-26H. The Morgan fingerprint density at radius 1 is 0.404 bits per heavy atom. The highest BCUT2D eigenvalue weighted by atomic mass is 16.3. The number of rotatable bonds is 4. The van der Waals surface area contributed by atoms with Gasteiger partial charge in [-0.15, -0.1) is 0 Å². The van der Waals surface area contributed by atoms with Gasteiger partial charge in [0.2, 0.25) is 0 Å². The minimum atomic E-state index is 0.807. The number of furan rings is 1. The highest BCUT2D eigenvalue weighted by Gasteiger charge is 2.31. The van der Waals surface area contributed by atoms with Crippen molar-refractivity contribution in [1.29, 1.82) is 0 Å². The maximum Gasteiger partial charge on any atom is 0.137 e. The molecule has 0 unspecified atom stereocenters. The van der Waals surface area contributed by atoms with Crippen molar-refractivity contribution in [3.05, 3.63) is 158 Å². The molecule has 0 fully saturated rings. The van der Waals surface area contributed by atoms with Crippen LogP contribution >= 0.6 is 0 Å². The summed E-state index contributed by atoms with van der Waals surface area (Å²) in [6.45, 7) is 0. The van der Waals surface area contributed by atoms with Crippen LogP contribution in [-0.4, -0.2) is 9.97 Å². The van der Waals surface area contributed by atoms with Gasteiger partial charge in [0, 0.05) is 17.1 Å². The van der Waals surface area contributed by atoms with Gasteiger partial charge in [0.15, 0.2) is 0 Å². The van der Waals surface area contributed by atoms with Crippen LogP contribution in [0.15, 0.2) is 162 Å². The number of hydrogen-bond acceptors (Lipinski definition) is 3. The molecule has 1 aliphatic rings. The molecule has 0 bridgehead atoms. The quantitative estimate of drug-likeness (QED) is 0.202. The van der Waals surface area contributed by atoms with Gasteiger partial charge in [0.05, 0.1) is 23.3 Å².